The minimum absolute atomic E-state index is 0.421. The van der Waals surface area contributed by atoms with Crippen molar-refractivity contribution in [2.24, 2.45) is 0 Å². The van der Waals surface area contributed by atoms with Crippen molar-refractivity contribution in [3.63, 3.8) is 0 Å². The fourth-order valence-corrected chi connectivity index (χ4v) is 0.960. The molecule has 0 radical (unpaired) electrons. The van der Waals surface area contributed by atoms with Crippen LogP contribution < -0.4 is 10.6 Å². The lowest BCUT2D eigenvalue weighted by Crippen LogP contribution is -2.32. The van der Waals surface area contributed by atoms with Crippen LogP contribution in [0, 0.1) is 0 Å². The number of aliphatic carboxylic acids is 1. The Kier molecular flexibility index (Phi) is 3.70. The Balaban J connectivity index is 1.87. The molecule has 0 unspecified atom stereocenters. The van der Waals surface area contributed by atoms with Crippen molar-refractivity contribution < 1.29 is 14.7 Å². The van der Waals surface area contributed by atoms with E-state index in [0.717, 1.165) is 13.0 Å². The van der Waals surface area contributed by atoms with Gasteiger partial charge in [0.25, 0.3) is 0 Å². The highest BCUT2D eigenvalue weighted by Crippen LogP contribution is 2.18. The number of amides is 1. The van der Waals surface area contributed by atoms with Gasteiger partial charge in [0.1, 0.15) is 0 Å². The molecule has 1 fully saturated rings. The molecule has 0 bridgehead atoms. The molecule has 5 heteroatoms. The van der Waals surface area contributed by atoms with Crippen molar-refractivity contribution in [1.82, 2.24) is 10.6 Å². The van der Waals surface area contributed by atoms with E-state index >= 15 is 0 Å². The minimum Gasteiger partial charge on any atom is -0.474 e. The van der Waals surface area contributed by atoms with Crippen molar-refractivity contribution in [3.8, 4) is 0 Å². The van der Waals surface area contributed by atoms with E-state index in [2.05, 4.69) is 10.6 Å². The van der Waals surface area contributed by atoms with Gasteiger partial charge < -0.3 is 15.7 Å². The molecule has 0 heterocycles. The number of rotatable bonds is 5. The first-order valence-corrected chi connectivity index (χ1v) is 4.44. The third-order valence-corrected chi connectivity index (χ3v) is 1.84. The van der Waals surface area contributed by atoms with Crippen molar-refractivity contribution in [1.29, 1.82) is 0 Å². The Morgan fingerprint density at radius 2 is 2.00 bits per heavy atom. The van der Waals surface area contributed by atoms with Crippen LogP contribution in [0.25, 0.3) is 0 Å². The Bertz CT molecular complexity index is 202. The summed E-state index contributed by atoms with van der Waals surface area (Å²) in [4.78, 5) is 20.6. The second-order valence-corrected chi connectivity index (χ2v) is 3.14. The molecule has 1 aliphatic rings. The number of nitrogens with one attached hydrogen (secondary N) is 2. The average molecular weight is 186 g/mol. The molecule has 13 heavy (non-hydrogen) atoms. The molecule has 0 atom stereocenters. The second-order valence-electron chi connectivity index (χ2n) is 3.14. The smallest absolute Gasteiger partial charge is 0.394 e. The van der Waals surface area contributed by atoms with Crippen LogP contribution in [-0.4, -0.2) is 36.1 Å². The van der Waals surface area contributed by atoms with Gasteiger partial charge in [-0.2, -0.15) is 0 Å². The topological polar surface area (TPSA) is 78.4 Å². The molecule has 1 aliphatic carbocycles. The van der Waals surface area contributed by atoms with Gasteiger partial charge in [0.05, 0.1) is 0 Å². The van der Waals surface area contributed by atoms with Crippen LogP contribution in [0.2, 0.25) is 0 Å². The van der Waals surface area contributed by atoms with Gasteiger partial charge in [-0.15, -0.1) is 0 Å². The zero-order chi connectivity index (χ0) is 9.68. The van der Waals surface area contributed by atoms with E-state index in [1.54, 1.807) is 0 Å². The molecular weight excluding hydrogens is 172 g/mol. The standard InChI is InChI=1S/C8H14N2O3/c11-7(8(12)13)10-5-1-4-9-6-2-3-6/h6,9H,1-5H2,(H,10,11)(H,12,13). The summed E-state index contributed by atoms with van der Waals surface area (Å²) >= 11 is 0. The van der Waals surface area contributed by atoms with Crippen LogP contribution in [-0.2, 0) is 9.59 Å². The molecule has 0 aromatic carbocycles. The Morgan fingerprint density at radius 3 is 2.54 bits per heavy atom. The van der Waals surface area contributed by atoms with E-state index in [-0.39, 0.29) is 0 Å². The number of carbonyl (C=O) groups is 2. The van der Waals surface area contributed by atoms with Gasteiger partial charge in [-0.1, -0.05) is 0 Å². The van der Waals surface area contributed by atoms with Crippen LogP contribution in [0.15, 0.2) is 0 Å². The largest absolute Gasteiger partial charge is 0.474 e. The van der Waals surface area contributed by atoms with E-state index in [4.69, 9.17) is 5.11 Å². The van der Waals surface area contributed by atoms with Gasteiger partial charge >= 0.3 is 11.9 Å². The summed E-state index contributed by atoms with van der Waals surface area (Å²) in [6.07, 6.45) is 3.25. The predicted octanol–water partition coefficient (Wildman–Crippen LogP) is -0.671. The number of hydrogen-bond donors (Lipinski definition) is 3. The van der Waals surface area contributed by atoms with Gasteiger partial charge in [-0.3, -0.25) is 4.79 Å². The van der Waals surface area contributed by atoms with Crippen molar-refractivity contribution in [2.45, 2.75) is 25.3 Å². The summed E-state index contributed by atoms with van der Waals surface area (Å²) in [6.45, 7) is 1.26. The number of carboxylic acid groups (broad SMARTS) is 1. The Morgan fingerprint density at radius 1 is 1.31 bits per heavy atom. The highest BCUT2D eigenvalue weighted by molar-refractivity contribution is 6.31. The van der Waals surface area contributed by atoms with E-state index in [1.165, 1.54) is 12.8 Å². The normalized spacial score (nSPS) is 15.4. The first-order chi connectivity index (χ1) is 6.20. The molecule has 1 rings (SSSR count). The molecule has 0 aromatic rings. The van der Waals surface area contributed by atoms with E-state index in [0.29, 0.717) is 12.6 Å². The minimum atomic E-state index is -1.42. The first kappa shape index (κ1) is 9.98. The van der Waals surface area contributed by atoms with Gasteiger partial charge in [-0.05, 0) is 25.8 Å². The SMILES string of the molecule is O=C(O)C(=O)NCCCNC1CC1. The molecule has 0 spiro atoms. The third-order valence-electron chi connectivity index (χ3n) is 1.84. The lowest BCUT2D eigenvalue weighted by molar-refractivity contribution is -0.150. The third kappa shape index (κ3) is 4.47. The zero-order valence-electron chi connectivity index (χ0n) is 7.38. The van der Waals surface area contributed by atoms with Crippen molar-refractivity contribution in [2.75, 3.05) is 13.1 Å². The Hall–Kier alpha value is -1.10. The summed E-state index contributed by atoms with van der Waals surface area (Å²) in [5.41, 5.74) is 0. The van der Waals surface area contributed by atoms with Crippen LogP contribution in [0.5, 0.6) is 0 Å². The number of hydrogen-bond acceptors (Lipinski definition) is 3. The lowest BCUT2D eigenvalue weighted by atomic mass is 10.4. The summed E-state index contributed by atoms with van der Waals surface area (Å²) in [7, 11) is 0. The maximum absolute atomic E-state index is 10.5. The fraction of sp³-hybridized carbons (Fsp3) is 0.750. The van der Waals surface area contributed by atoms with E-state index in [1.807, 2.05) is 0 Å². The highest BCUT2D eigenvalue weighted by Gasteiger charge is 2.19. The summed E-state index contributed by atoms with van der Waals surface area (Å²) in [5, 5.41) is 13.8. The van der Waals surface area contributed by atoms with Gasteiger partial charge in [-0.25, -0.2) is 4.79 Å². The number of carbonyl (C=O) groups excluding carboxylic acids is 1. The quantitative estimate of drug-likeness (QED) is 0.393. The average Bonchev–Trinajstić information content (AvgIpc) is 2.87. The summed E-state index contributed by atoms with van der Waals surface area (Å²) < 4.78 is 0. The maximum atomic E-state index is 10.5. The fourth-order valence-electron chi connectivity index (χ4n) is 0.960. The lowest BCUT2D eigenvalue weighted by Gasteiger charge is -2.02. The van der Waals surface area contributed by atoms with Gasteiger partial charge in [0.15, 0.2) is 0 Å². The van der Waals surface area contributed by atoms with Crippen molar-refractivity contribution >= 4 is 11.9 Å². The monoisotopic (exact) mass is 186 g/mol. The predicted molar refractivity (Wildman–Crippen MR) is 46.3 cm³/mol. The molecule has 0 aromatic heterocycles. The van der Waals surface area contributed by atoms with Gasteiger partial charge in [0.2, 0.25) is 0 Å². The molecule has 1 saturated carbocycles. The molecule has 3 N–H and O–H groups in total. The zero-order valence-corrected chi connectivity index (χ0v) is 7.38. The molecular formula is C8H14N2O3. The summed E-state index contributed by atoms with van der Waals surface area (Å²) in [5.74, 6) is -2.35. The second kappa shape index (κ2) is 4.81. The van der Waals surface area contributed by atoms with Crippen LogP contribution in [0.1, 0.15) is 19.3 Å². The number of carboxylic acids is 1. The molecule has 0 saturated heterocycles. The van der Waals surface area contributed by atoms with Crippen molar-refractivity contribution in [3.05, 3.63) is 0 Å². The van der Waals surface area contributed by atoms with Gasteiger partial charge in [0, 0.05) is 12.6 Å². The first-order valence-electron chi connectivity index (χ1n) is 4.44. The van der Waals surface area contributed by atoms with E-state index < -0.39 is 11.9 Å². The molecule has 1 amide bonds. The van der Waals surface area contributed by atoms with E-state index in [9.17, 15) is 9.59 Å². The Labute approximate surface area is 76.5 Å². The van der Waals surface area contributed by atoms with Crippen LogP contribution in [0.3, 0.4) is 0 Å². The molecule has 0 aliphatic heterocycles. The highest BCUT2D eigenvalue weighted by atomic mass is 16.4. The maximum Gasteiger partial charge on any atom is 0.394 e. The molecule has 74 valence electrons. The summed E-state index contributed by atoms with van der Waals surface area (Å²) in [6, 6.07) is 0.662. The molecule has 5 nitrogen and oxygen atoms in total. The van der Waals surface area contributed by atoms with Crippen LogP contribution in [0.4, 0.5) is 0 Å². The van der Waals surface area contributed by atoms with Crippen LogP contribution >= 0.6 is 0 Å².